The first-order valence-corrected chi connectivity index (χ1v) is 3.24. The van der Waals surface area contributed by atoms with Crippen LogP contribution in [0.2, 0.25) is 0 Å². The van der Waals surface area contributed by atoms with Gasteiger partial charge in [-0.15, -0.1) is 0 Å². The minimum atomic E-state index is -1.19. The van der Waals surface area contributed by atoms with Gasteiger partial charge in [-0.2, -0.15) is 0 Å². The van der Waals surface area contributed by atoms with Crippen molar-refractivity contribution in [1.82, 2.24) is 5.32 Å². The Morgan fingerprint density at radius 2 is 2.27 bits per heavy atom. The summed E-state index contributed by atoms with van der Waals surface area (Å²) in [6.45, 7) is 4.49. The second kappa shape index (κ2) is 3.48. The number of carbonyl (C=O) groups is 1. The average Bonchev–Trinajstić information content (AvgIpc) is 1.83. The molecule has 0 aromatic heterocycles. The van der Waals surface area contributed by atoms with E-state index in [1.807, 2.05) is 0 Å². The molecule has 3 nitrogen and oxygen atoms in total. The maximum atomic E-state index is 12.2. The summed E-state index contributed by atoms with van der Waals surface area (Å²) in [5, 5.41) is 2.34. The van der Waals surface area contributed by atoms with Crippen LogP contribution in [0, 0.1) is 0 Å². The van der Waals surface area contributed by atoms with Crippen LogP contribution in [0.4, 0.5) is 4.39 Å². The number of nitrogens with two attached hydrogens (primary N) is 1. The van der Waals surface area contributed by atoms with Gasteiger partial charge in [-0.25, -0.2) is 4.39 Å². The second-order valence-corrected chi connectivity index (χ2v) is 2.69. The van der Waals surface area contributed by atoms with Gasteiger partial charge >= 0.3 is 0 Å². The highest BCUT2D eigenvalue weighted by Crippen LogP contribution is 2.12. The molecule has 0 aliphatic rings. The largest absolute Gasteiger partial charge is 0.358 e. The van der Waals surface area contributed by atoms with Gasteiger partial charge in [0, 0.05) is 13.5 Å². The number of hydrogen-bond donors (Lipinski definition) is 2. The van der Waals surface area contributed by atoms with Crippen molar-refractivity contribution in [3.8, 4) is 0 Å². The van der Waals surface area contributed by atoms with Crippen molar-refractivity contribution in [2.24, 2.45) is 5.73 Å². The molecule has 0 heterocycles. The van der Waals surface area contributed by atoms with Gasteiger partial charge in [0.15, 0.2) is 0 Å². The quantitative estimate of drug-likeness (QED) is 0.624. The molecule has 4 heteroatoms. The fourth-order valence-corrected chi connectivity index (χ4v) is 0.764. The Morgan fingerprint density at radius 3 is 2.55 bits per heavy atom. The minimum Gasteiger partial charge on any atom is -0.358 e. The normalized spacial score (nSPS) is 15.3. The number of nitrogens with one attached hydrogen (secondary N) is 1. The predicted octanol–water partition coefficient (Wildman–Crippen LogP) is 0.323. The zero-order valence-corrected chi connectivity index (χ0v) is 6.78. The van der Waals surface area contributed by atoms with Crippen LogP contribution >= 0.6 is 0 Å². The summed E-state index contributed by atoms with van der Waals surface area (Å²) in [4.78, 5) is 10.9. The molecule has 0 aliphatic heterocycles. The maximum absolute atomic E-state index is 12.2. The van der Waals surface area contributed by atoms with E-state index in [1.165, 1.54) is 14.0 Å². The highest BCUT2D eigenvalue weighted by Gasteiger charge is 2.27. The summed E-state index contributed by atoms with van der Waals surface area (Å²) in [7, 11) is 1.45. The van der Waals surface area contributed by atoms with E-state index >= 15 is 0 Å². The zero-order chi connectivity index (χ0) is 9.07. The van der Waals surface area contributed by atoms with Gasteiger partial charge in [0.2, 0.25) is 5.91 Å². The third kappa shape index (κ3) is 3.13. The summed E-state index contributed by atoms with van der Waals surface area (Å²) in [6, 6.07) is 0. The first-order valence-electron chi connectivity index (χ1n) is 3.24. The molecule has 0 saturated heterocycles. The predicted molar refractivity (Wildman–Crippen MR) is 41.5 cm³/mol. The summed E-state index contributed by atoms with van der Waals surface area (Å²) in [5.74, 6) is -0.977. The lowest BCUT2D eigenvalue weighted by molar-refractivity contribution is -0.125. The van der Waals surface area contributed by atoms with Gasteiger partial charge in [-0.3, -0.25) is 4.79 Å². The van der Waals surface area contributed by atoms with Gasteiger partial charge in [-0.1, -0.05) is 6.58 Å². The van der Waals surface area contributed by atoms with Crippen LogP contribution in [-0.4, -0.2) is 18.5 Å². The van der Waals surface area contributed by atoms with Crippen molar-refractivity contribution in [3.05, 3.63) is 12.4 Å². The Morgan fingerprint density at radius 1 is 1.82 bits per heavy atom. The van der Waals surface area contributed by atoms with Crippen LogP contribution in [0.25, 0.3) is 0 Å². The number of likely N-dealkylation sites (N-methyl/N-ethyl adjacent to an activating group) is 1. The lowest BCUT2D eigenvalue weighted by Gasteiger charge is -2.20. The summed E-state index contributed by atoms with van der Waals surface area (Å²) in [5.41, 5.74) is 4.26. The highest BCUT2D eigenvalue weighted by atomic mass is 19.1. The van der Waals surface area contributed by atoms with E-state index in [0.29, 0.717) is 0 Å². The molecule has 0 spiro atoms. The Labute approximate surface area is 65.5 Å². The topological polar surface area (TPSA) is 55.1 Å². The van der Waals surface area contributed by atoms with Crippen molar-refractivity contribution < 1.29 is 9.18 Å². The number of rotatable bonds is 3. The van der Waals surface area contributed by atoms with Gasteiger partial charge in [0.05, 0.1) is 11.4 Å². The van der Waals surface area contributed by atoms with E-state index in [0.717, 1.165) is 0 Å². The van der Waals surface area contributed by atoms with E-state index in [9.17, 15) is 9.18 Å². The number of carbonyl (C=O) groups excluding carboxylic acids is 1. The molecule has 0 aromatic carbocycles. The fraction of sp³-hybridized carbons (Fsp3) is 0.571. The van der Waals surface area contributed by atoms with Gasteiger partial charge < -0.3 is 11.1 Å². The van der Waals surface area contributed by atoms with E-state index in [-0.39, 0.29) is 6.42 Å². The molecule has 3 N–H and O–H groups in total. The molecular weight excluding hydrogens is 147 g/mol. The molecule has 1 unspecified atom stereocenters. The van der Waals surface area contributed by atoms with Crippen LogP contribution in [0.1, 0.15) is 13.3 Å². The molecule has 64 valence electrons. The molecule has 0 fully saturated rings. The SMILES string of the molecule is C=C(F)CC(C)(N)C(=O)NC. The highest BCUT2D eigenvalue weighted by molar-refractivity contribution is 5.85. The van der Waals surface area contributed by atoms with Crippen molar-refractivity contribution in [3.63, 3.8) is 0 Å². The fourth-order valence-electron chi connectivity index (χ4n) is 0.764. The van der Waals surface area contributed by atoms with Crippen LogP contribution in [-0.2, 0) is 4.79 Å². The molecule has 0 bridgehead atoms. The molecular formula is C7H13FN2O. The molecule has 0 radical (unpaired) electrons. The molecule has 0 aromatic rings. The zero-order valence-electron chi connectivity index (χ0n) is 6.78. The van der Waals surface area contributed by atoms with E-state index in [4.69, 9.17) is 5.73 Å². The summed E-state index contributed by atoms with van der Waals surface area (Å²) in [6.07, 6.45) is -0.146. The van der Waals surface area contributed by atoms with E-state index in [1.54, 1.807) is 0 Å². The minimum absolute atomic E-state index is 0.146. The van der Waals surface area contributed by atoms with Crippen LogP contribution in [0.5, 0.6) is 0 Å². The molecule has 11 heavy (non-hydrogen) atoms. The Kier molecular flexibility index (Phi) is 3.19. The standard InChI is InChI=1S/C7H13FN2O/c1-5(8)4-7(2,9)6(11)10-3/h1,4,9H2,2-3H3,(H,10,11). The van der Waals surface area contributed by atoms with Gasteiger partial charge in [0.25, 0.3) is 0 Å². The van der Waals surface area contributed by atoms with Crippen LogP contribution < -0.4 is 11.1 Å². The molecule has 0 saturated carbocycles. The van der Waals surface area contributed by atoms with Crippen LogP contribution in [0.15, 0.2) is 12.4 Å². The Balaban J connectivity index is 4.21. The first kappa shape index (κ1) is 10.1. The number of halogens is 1. The second-order valence-electron chi connectivity index (χ2n) is 2.69. The van der Waals surface area contributed by atoms with Crippen molar-refractivity contribution >= 4 is 5.91 Å². The number of hydrogen-bond acceptors (Lipinski definition) is 2. The molecule has 0 aliphatic carbocycles. The maximum Gasteiger partial charge on any atom is 0.239 e. The molecule has 1 atom stereocenters. The van der Waals surface area contributed by atoms with Gasteiger partial charge in [-0.05, 0) is 6.92 Å². The van der Waals surface area contributed by atoms with Gasteiger partial charge in [0.1, 0.15) is 0 Å². The third-order valence-electron chi connectivity index (χ3n) is 1.30. The van der Waals surface area contributed by atoms with Crippen molar-refractivity contribution in [1.29, 1.82) is 0 Å². The molecule has 1 amide bonds. The van der Waals surface area contributed by atoms with Crippen molar-refractivity contribution in [2.45, 2.75) is 18.9 Å². The van der Waals surface area contributed by atoms with E-state index < -0.39 is 17.3 Å². The molecule has 0 rings (SSSR count). The Bertz CT molecular complexity index is 177. The average molecular weight is 160 g/mol. The van der Waals surface area contributed by atoms with E-state index in [2.05, 4.69) is 11.9 Å². The monoisotopic (exact) mass is 160 g/mol. The smallest absolute Gasteiger partial charge is 0.239 e. The summed E-state index contributed by atoms with van der Waals surface area (Å²) >= 11 is 0. The summed E-state index contributed by atoms with van der Waals surface area (Å²) < 4.78 is 12.2. The number of amides is 1. The van der Waals surface area contributed by atoms with Crippen molar-refractivity contribution in [2.75, 3.05) is 7.05 Å². The lowest BCUT2D eigenvalue weighted by Crippen LogP contribution is -2.50. The Hall–Kier alpha value is -0.900. The first-order chi connectivity index (χ1) is 4.90. The third-order valence-corrected chi connectivity index (χ3v) is 1.30. The lowest BCUT2D eigenvalue weighted by atomic mass is 9.98. The van der Waals surface area contributed by atoms with Crippen LogP contribution in [0.3, 0.4) is 0 Å².